The Labute approximate surface area is 71.8 Å². The van der Waals surface area contributed by atoms with Crippen molar-refractivity contribution in [3.63, 3.8) is 0 Å². The summed E-state index contributed by atoms with van der Waals surface area (Å²) in [5.74, 6) is 0.761. The zero-order valence-electron chi connectivity index (χ0n) is 8.89. The predicted octanol–water partition coefficient (Wildman–Crippen LogP) is 2.76. The van der Waals surface area contributed by atoms with Crippen LogP contribution in [0.25, 0.3) is 0 Å². The lowest BCUT2D eigenvalue weighted by Crippen LogP contribution is -2.41. The van der Waals surface area contributed by atoms with Gasteiger partial charge >= 0.3 is 0 Å². The molecule has 0 aromatic heterocycles. The van der Waals surface area contributed by atoms with Crippen molar-refractivity contribution in [2.24, 2.45) is 5.92 Å². The highest BCUT2D eigenvalue weighted by molar-refractivity contribution is 4.71. The third kappa shape index (κ3) is 3.24. The number of nitrogens with zero attached hydrogens (tertiary/aromatic N) is 1. The van der Waals surface area contributed by atoms with Crippen molar-refractivity contribution in [3.8, 4) is 0 Å². The minimum Gasteiger partial charge on any atom is -0.298 e. The van der Waals surface area contributed by atoms with Crippen LogP contribution in [0.3, 0.4) is 0 Å². The van der Waals surface area contributed by atoms with Gasteiger partial charge in [-0.15, -0.1) is 0 Å². The summed E-state index contributed by atoms with van der Waals surface area (Å²) in [5.41, 5.74) is 0. The lowest BCUT2D eigenvalue weighted by molar-refractivity contribution is 0.138. The van der Waals surface area contributed by atoms with E-state index in [1.807, 2.05) is 0 Å². The second kappa shape index (κ2) is 4.76. The van der Waals surface area contributed by atoms with Crippen molar-refractivity contribution >= 4 is 0 Å². The summed E-state index contributed by atoms with van der Waals surface area (Å²) in [5, 5.41) is 0. The van der Waals surface area contributed by atoms with Crippen LogP contribution in [0.2, 0.25) is 0 Å². The third-order valence-corrected chi connectivity index (χ3v) is 2.52. The molecule has 11 heavy (non-hydrogen) atoms. The lowest BCUT2D eigenvalue weighted by atomic mass is 10.0. The normalized spacial score (nSPS) is 15.0. The molecule has 0 bridgehead atoms. The van der Waals surface area contributed by atoms with Gasteiger partial charge in [0.1, 0.15) is 0 Å². The van der Waals surface area contributed by atoms with Gasteiger partial charge < -0.3 is 0 Å². The molecule has 1 nitrogen and oxygen atoms in total. The summed E-state index contributed by atoms with van der Waals surface area (Å²) in [7, 11) is 0. The molecule has 0 N–H and O–H groups in total. The van der Waals surface area contributed by atoms with Gasteiger partial charge in [0.15, 0.2) is 0 Å². The molecule has 0 rings (SSSR count). The molecule has 0 aliphatic heterocycles. The molecule has 1 unspecified atom stereocenters. The lowest BCUT2D eigenvalue weighted by Gasteiger charge is -2.34. The molecular formula is C10H23N. The fourth-order valence-corrected chi connectivity index (χ4v) is 1.51. The summed E-state index contributed by atoms with van der Waals surface area (Å²) in [4.78, 5) is 2.53. The van der Waals surface area contributed by atoms with Gasteiger partial charge in [0.25, 0.3) is 0 Å². The quantitative estimate of drug-likeness (QED) is 0.606. The fourth-order valence-electron chi connectivity index (χ4n) is 1.51. The van der Waals surface area contributed by atoms with Crippen LogP contribution in [-0.4, -0.2) is 23.5 Å². The van der Waals surface area contributed by atoms with Crippen molar-refractivity contribution in [3.05, 3.63) is 0 Å². The smallest absolute Gasteiger partial charge is 0.00925 e. The van der Waals surface area contributed by atoms with E-state index in [1.165, 1.54) is 0 Å². The minimum atomic E-state index is 0.678. The van der Waals surface area contributed by atoms with E-state index in [1.54, 1.807) is 0 Å². The Kier molecular flexibility index (Phi) is 4.74. The van der Waals surface area contributed by atoms with Crippen LogP contribution in [0.4, 0.5) is 0 Å². The highest BCUT2D eigenvalue weighted by Gasteiger charge is 2.17. The summed E-state index contributed by atoms with van der Waals surface area (Å²) in [6.07, 6.45) is 0. The SMILES string of the molecule is CCN(C(C)C)C(C)C(C)C. The molecule has 1 heteroatoms. The largest absolute Gasteiger partial charge is 0.298 e. The molecule has 0 aliphatic rings. The van der Waals surface area contributed by atoms with Gasteiger partial charge in [-0.25, -0.2) is 0 Å². The molecule has 0 saturated heterocycles. The molecule has 0 spiro atoms. The van der Waals surface area contributed by atoms with Gasteiger partial charge in [0.05, 0.1) is 0 Å². The summed E-state index contributed by atoms with van der Waals surface area (Å²) < 4.78 is 0. The fraction of sp³-hybridized carbons (Fsp3) is 1.00. The highest BCUT2D eigenvalue weighted by Crippen LogP contribution is 2.12. The Morgan fingerprint density at radius 3 is 1.55 bits per heavy atom. The van der Waals surface area contributed by atoms with E-state index in [2.05, 4.69) is 46.4 Å². The molecule has 0 aromatic rings. The summed E-state index contributed by atoms with van der Waals surface area (Å²) in [6.45, 7) is 14.8. The summed E-state index contributed by atoms with van der Waals surface area (Å²) >= 11 is 0. The molecular weight excluding hydrogens is 134 g/mol. The first-order chi connectivity index (χ1) is 5.00. The number of hydrogen-bond acceptors (Lipinski definition) is 1. The molecule has 1 atom stereocenters. The van der Waals surface area contributed by atoms with E-state index in [-0.39, 0.29) is 0 Å². The topological polar surface area (TPSA) is 3.24 Å². The van der Waals surface area contributed by atoms with E-state index in [0.29, 0.717) is 12.1 Å². The first-order valence-electron chi connectivity index (χ1n) is 4.76. The van der Waals surface area contributed by atoms with Crippen molar-refractivity contribution in [1.82, 2.24) is 4.90 Å². The van der Waals surface area contributed by atoms with Crippen molar-refractivity contribution in [2.45, 2.75) is 53.6 Å². The second-order valence-electron chi connectivity index (χ2n) is 3.91. The average molecular weight is 157 g/mol. The van der Waals surface area contributed by atoms with Crippen LogP contribution < -0.4 is 0 Å². The second-order valence-corrected chi connectivity index (χ2v) is 3.91. The Balaban J connectivity index is 4.02. The summed E-state index contributed by atoms with van der Waals surface area (Å²) in [6, 6.07) is 1.39. The zero-order valence-corrected chi connectivity index (χ0v) is 8.89. The van der Waals surface area contributed by atoms with Crippen LogP contribution in [-0.2, 0) is 0 Å². The van der Waals surface area contributed by atoms with Crippen molar-refractivity contribution in [1.29, 1.82) is 0 Å². The van der Waals surface area contributed by atoms with E-state index in [0.717, 1.165) is 12.5 Å². The molecule has 0 fully saturated rings. The highest BCUT2D eigenvalue weighted by atomic mass is 15.2. The van der Waals surface area contributed by atoms with Crippen LogP contribution >= 0.6 is 0 Å². The first kappa shape index (κ1) is 11.0. The molecule has 68 valence electrons. The molecule has 0 aromatic carbocycles. The predicted molar refractivity (Wildman–Crippen MR) is 51.8 cm³/mol. The molecule has 0 saturated carbocycles. The van der Waals surface area contributed by atoms with Crippen LogP contribution in [0, 0.1) is 5.92 Å². The van der Waals surface area contributed by atoms with Gasteiger partial charge in [0, 0.05) is 12.1 Å². The van der Waals surface area contributed by atoms with E-state index >= 15 is 0 Å². The molecule has 0 radical (unpaired) electrons. The zero-order chi connectivity index (χ0) is 9.02. The van der Waals surface area contributed by atoms with Gasteiger partial charge in [-0.3, -0.25) is 4.90 Å². The Bertz CT molecular complexity index is 97.0. The maximum Gasteiger partial charge on any atom is 0.00925 e. The number of rotatable bonds is 4. The van der Waals surface area contributed by atoms with Gasteiger partial charge in [-0.05, 0) is 33.2 Å². The van der Waals surface area contributed by atoms with E-state index < -0.39 is 0 Å². The van der Waals surface area contributed by atoms with Crippen LogP contribution in [0.5, 0.6) is 0 Å². The molecule has 0 amide bonds. The van der Waals surface area contributed by atoms with Gasteiger partial charge in [-0.2, -0.15) is 0 Å². The van der Waals surface area contributed by atoms with E-state index in [9.17, 15) is 0 Å². The standard InChI is InChI=1S/C10H23N/c1-7-11(9(4)5)10(6)8(2)3/h8-10H,7H2,1-6H3. The van der Waals surface area contributed by atoms with E-state index in [4.69, 9.17) is 0 Å². The maximum atomic E-state index is 2.53. The van der Waals surface area contributed by atoms with Crippen molar-refractivity contribution in [2.75, 3.05) is 6.54 Å². The monoisotopic (exact) mass is 157 g/mol. The maximum absolute atomic E-state index is 2.53. The minimum absolute atomic E-state index is 0.678. The third-order valence-electron chi connectivity index (χ3n) is 2.52. The van der Waals surface area contributed by atoms with Crippen LogP contribution in [0.15, 0.2) is 0 Å². The Hall–Kier alpha value is -0.0400. The first-order valence-corrected chi connectivity index (χ1v) is 4.76. The van der Waals surface area contributed by atoms with Gasteiger partial charge in [0.2, 0.25) is 0 Å². The molecule has 0 heterocycles. The van der Waals surface area contributed by atoms with Gasteiger partial charge in [-0.1, -0.05) is 20.8 Å². The van der Waals surface area contributed by atoms with Crippen molar-refractivity contribution < 1.29 is 0 Å². The Morgan fingerprint density at radius 2 is 1.45 bits per heavy atom. The van der Waals surface area contributed by atoms with Crippen LogP contribution in [0.1, 0.15) is 41.5 Å². The molecule has 0 aliphatic carbocycles. The Morgan fingerprint density at radius 1 is 1.00 bits per heavy atom. The number of hydrogen-bond donors (Lipinski definition) is 0. The average Bonchev–Trinajstić information content (AvgIpc) is 1.88.